The Hall–Kier alpha value is -2.23. The van der Waals surface area contributed by atoms with Crippen molar-refractivity contribution >= 4 is 5.84 Å². The first-order valence-electron chi connectivity index (χ1n) is 6.26. The fraction of sp³-hybridized carbons (Fsp3) is 0.200. The second kappa shape index (κ2) is 4.80. The number of aromatic nitrogens is 1. The van der Waals surface area contributed by atoms with E-state index in [2.05, 4.69) is 4.98 Å². The van der Waals surface area contributed by atoms with Crippen molar-refractivity contribution in [2.24, 2.45) is 0 Å². The molecule has 1 N–H and O–H groups in total. The summed E-state index contributed by atoms with van der Waals surface area (Å²) in [5, 5.41) is 8.09. The molecule has 1 aromatic carbocycles. The first-order chi connectivity index (χ1) is 9.24. The molecule has 0 spiro atoms. The number of nitrogens with one attached hydrogen (secondary N) is 1. The van der Waals surface area contributed by atoms with Crippen LogP contribution in [0.15, 0.2) is 42.6 Å². The maximum Gasteiger partial charge on any atom is 0.128 e. The van der Waals surface area contributed by atoms with Gasteiger partial charge in [0.2, 0.25) is 0 Å². The molecule has 0 aliphatic carbocycles. The van der Waals surface area contributed by atoms with Crippen LogP contribution in [-0.4, -0.2) is 22.3 Å². The van der Waals surface area contributed by atoms with Gasteiger partial charge in [0.15, 0.2) is 0 Å². The SMILES string of the molecule is N=C1c2cc(F)ccc2CN1CCc1ccccn1. The number of amidine groups is 1. The molecule has 0 fully saturated rings. The maximum absolute atomic E-state index is 13.2. The third-order valence-corrected chi connectivity index (χ3v) is 3.37. The minimum atomic E-state index is -0.282. The van der Waals surface area contributed by atoms with E-state index in [9.17, 15) is 4.39 Å². The van der Waals surface area contributed by atoms with Crippen molar-refractivity contribution in [1.29, 1.82) is 5.41 Å². The second-order valence-electron chi connectivity index (χ2n) is 4.64. The molecule has 0 unspecified atom stereocenters. The zero-order chi connectivity index (χ0) is 13.2. The van der Waals surface area contributed by atoms with Crippen molar-refractivity contribution < 1.29 is 4.39 Å². The lowest BCUT2D eigenvalue weighted by molar-refractivity contribution is 0.430. The molecule has 0 saturated heterocycles. The Kier molecular flexibility index (Phi) is 2.99. The third-order valence-electron chi connectivity index (χ3n) is 3.37. The van der Waals surface area contributed by atoms with Crippen LogP contribution in [0.5, 0.6) is 0 Å². The molecule has 19 heavy (non-hydrogen) atoms. The van der Waals surface area contributed by atoms with E-state index in [1.54, 1.807) is 12.3 Å². The molecule has 3 rings (SSSR count). The zero-order valence-electron chi connectivity index (χ0n) is 10.4. The number of benzene rings is 1. The van der Waals surface area contributed by atoms with E-state index in [-0.39, 0.29) is 5.82 Å². The topological polar surface area (TPSA) is 40.0 Å². The standard InChI is InChI=1S/C15H14FN3/c16-12-5-4-11-10-19(15(17)14(11)9-12)8-6-13-3-1-2-7-18-13/h1-5,7,9,17H,6,8,10H2. The van der Waals surface area contributed by atoms with E-state index >= 15 is 0 Å². The quantitative estimate of drug-likeness (QED) is 0.915. The number of nitrogens with zero attached hydrogens (tertiary/aromatic N) is 2. The number of hydrogen-bond acceptors (Lipinski definition) is 2. The molecule has 0 bridgehead atoms. The summed E-state index contributed by atoms with van der Waals surface area (Å²) in [5.41, 5.74) is 2.74. The third kappa shape index (κ3) is 2.34. The number of fused-ring (bicyclic) bond motifs is 1. The van der Waals surface area contributed by atoms with Gasteiger partial charge in [-0.15, -0.1) is 0 Å². The van der Waals surface area contributed by atoms with Crippen LogP contribution < -0.4 is 0 Å². The van der Waals surface area contributed by atoms with Crippen LogP contribution in [0.1, 0.15) is 16.8 Å². The zero-order valence-corrected chi connectivity index (χ0v) is 10.4. The average Bonchev–Trinajstić information content (AvgIpc) is 2.74. The summed E-state index contributed by atoms with van der Waals surface area (Å²) in [4.78, 5) is 6.23. The van der Waals surface area contributed by atoms with Crippen LogP contribution in [0.2, 0.25) is 0 Å². The van der Waals surface area contributed by atoms with Crippen molar-refractivity contribution in [3.8, 4) is 0 Å². The highest BCUT2D eigenvalue weighted by Gasteiger charge is 2.24. The molecule has 0 amide bonds. The van der Waals surface area contributed by atoms with Gasteiger partial charge in [-0.3, -0.25) is 10.4 Å². The summed E-state index contributed by atoms with van der Waals surface area (Å²) >= 11 is 0. The Morgan fingerprint density at radius 1 is 1.26 bits per heavy atom. The molecule has 0 atom stereocenters. The molecule has 3 nitrogen and oxygen atoms in total. The van der Waals surface area contributed by atoms with Crippen molar-refractivity contribution in [3.05, 3.63) is 65.2 Å². The maximum atomic E-state index is 13.2. The largest absolute Gasteiger partial charge is 0.352 e. The summed E-state index contributed by atoms with van der Waals surface area (Å²) in [6, 6.07) is 10.5. The van der Waals surface area contributed by atoms with Gasteiger partial charge in [0.25, 0.3) is 0 Å². The van der Waals surface area contributed by atoms with E-state index in [1.807, 2.05) is 23.1 Å². The van der Waals surface area contributed by atoms with Gasteiger partial charge in [0.1, 0.15) is 11.7 Å². The summed E-state index contributed by atoms with van der Waals surface area (Å²) in [7, 11) is 0. The van der Waals surface area contributed by atoms with Crippen LogP contribution in [0, 0.1) is 11.2 Å². The lowest BCUT2D eigenvalue weighted by Crippen LogP contribution is -2.26. The summed E-state index contributed by atoms with van der Waals surface area (Å²) in [5.74, 6) is 0.125. The normalized spacial score (nSPS) is 13.7. The molecule has 4 heteroatoms. The molecule has 0 saturated carbocycles. The number of pyridine rings is 1. The predicted octanol–water partition coefficient (Wildman–Crippen LogP) is 2.60. The molecule has 96 valence electrons. The summed E-state index contributed by atoms with van der Waals surface area (Å²) < 4.78 is 13.2. The first-order valence-corrected chi connectivity index (χ1v) is 6.26. The van der Waals surface area contributed by atoms with Gasteiger partial charge in [0, 0.05) is 37.0 Å². The van der Waals surface area contributed by atoms with Crippen LogP contribution >= 0.6 is 0 Å². The van der Waals surface area contributed by atoms with Crippen molar-refractivity contribution in [3.63, 3.8) is 0 Å². The number of rotatable bonds is 3. The van der Waals surface area contributed by atoms with Gasteiger partial charge >= 0.3 is 0 Å². The number of halogens is 1. The molecule has 2 aromatic rings. The lowest BCUT2D eigenvalue weighted by atomic mass is 10.1. The molecular weight excluding hydrogens is 241 g/mol. The fourth-order valence-corrected chi connectivity index (χ4v) is 2.35. The van der Waals surface area contributed by atoms with E-state index in [1.165, 1.54) is 12.1 Å². The highest BCUT2D eigenvalue weighted by Crippen LogP contribution is 2.23. The minimum absolute atomic E-state index is 0.282. The Morgan fingerprint density at radius 2 is 2.16 bits per heavy atom. The van der Waals surface area contributed by atoms with E-state index in [0.717, 1.165) is 24.2 Å². The van der Waals surface area contributed by atoms with E-state index in [4.69, 9.17) is 5.41 Å². The van der Waals surface area contributed by atoms with Crippen molar-refractivity contribution in [2.75, 3.05) is 6.54 Å². The average molecular weight is 255 g/mol. The highest BCUT2D eigenvalue weighted by atomic mass is 19.1. The van der Waals surface area contributed by atoms with Gasteiger partial charge in [-0.25, -0.2) is 4.39 Å². The minimum Gasteiger partial charge on any atom is -0.352 e. The van der Waals surface area contributed by atoms with Gasteiger partial charge in [-0.05, 0) is 29.8 Å². The molecule has 1 aliphatic heterocycles. The molecule has 1 aliphatic rings. The molecular formula is C15H14FN3. The van der Waals surface area contributed by atoms with Crippen LogP contribution in [-0.2, 0) is 13.0 Å². The Balaban J connectivity index is 1.71. The number of hydrogen-bond donors (Lipinski definition) is 1. The van der Waals surface area contributed by atoms with Crippen molar-refractivity contribution in [2.45, 2.75) is 13.0 Å². The van der Waals surface area contributed by atoms with Gasteiger partial charge in [-0.2, -0.15) is 0 Å². The smallest absolute Gasteiger partial charge is 0.128 e. The van der Waals surface area contributed by atoms with Gasteiger partial charge in [-0.1, -0.05) is 12.1 Å². The van der Waals surface area contributed by atoms with Crippen LogP contribution in [0.3, 0.4) is 0 Å². The monoisotopic (exact) mass is 255 g/mol. The molecule has 2 heterocycles. The van der Waals surface area contributed by atoms with Crippen molar-refractivity contribution in [1.82, 2.24) is 9.88 Å². The van der Waals surface area contributed by atoms with E-state index < -0.39 is 0 Å². The Morgan fingerprint density at radius 3 is 2.95 bits per heavy atom. The predicted molar refractivity (Wildman–Crippen MR) is 71.6 cm³/mol. The van der Waals surface area contributed by atoms with Gasteiger partial charge < -0.3 is 4.90 Å². The summed E-state index contributed by atoms with van der Waals surface area (Å²) in [6.45, 7) is 1.41. The second-order valence-corrected chi connectivity index (χ2v) is 4.64. The highest BCUT2D eigenvalue weighted by molar-refractivity contribution is 6.00. The first kappa shape index (κ1) is 11.8. The Bertz CT molecular complexity index is 610. The molecule has 1 aromatic heterocycles. The van der Waals surface area contributed by atoms with Crippen LogP contribution in [0.4, 0.5) is 4.39 Å². The lowest BCUT2D eigenvalue weighted by Gasteiger charge is -2.17. The fourth-order valence-electron chi connectivity index (χ4n) is 2.35. The van der Waals surface area contributed by atoms with Crippen LogP contribution in [0.25, 0.3) is 0 Å². The Labute approximate surface area is 111 Å². The van der Waals surface area contributed by atoms with E-state index in [0.29, 0.717) is 17.9 Å². The summed E-state index contributed by atoms with van der Waals surface area (Å²) in [6.07, 6.45) is 2.56. The van der Waals surface area contributed by atoms with Gasteiger partial charge in [0.05, 0.1) is 0 Å². The molecule has 0 radical (unpaired) electrons.